The molecule has 0 fully saturated rings. The van der Waals surface area contributed by atoms with Gasteiger partial charge in [0.25, 0.3) is 0 Å². The number of sulfonamides is 1. The second kappa shape index (κ2) is 9.53. The van der Waals surface area contributed by atoms with Gasteiger partial charge in [0.1, 0.15) is 22.1 Å². The molecule has 0 saturated carbocycles. The molecule has 0 heterocycles. The Labute approximate surface area is 179 Å². The fraction of sp³-hybridized carbons (Fsp3) is 0.278. The van der Waals surface area contributed by atoms with Gasteiger partial charge >= 0.3 is 0 Å². The van der Waals surface area contributed by atoms with Gasteiger partial charge in [-0.25, -0.2) is 8.42 Å². The summed E-state index contributed by atoms with van der Waals surface area (Å²) in [5.74, 6) is 0.0752. The molecule has 2 N–H and O–H groups in total. The quantitative estimate of drug-likeness (QED) is 0.623. The highest BCUT2D eigenvalue weighted by Crippen LogP contribution is 2.36. The van der Waals surface area contributed by atoms with Gasteiger partial charge in [0.05, 0.1) is 38.1 Å². The number of anilines is 1. The molecule has 0 spiro atoms. The van der Waals surface area contributed by atoms with E-state index in [1.165, 1.54) is 58.6 Å². The molecule has 0 aliphatic rings. The largest absolute Gasteiger partial charge is 0.495 e. The van der Waals surface area contributed by atoms with Gasteiger partial charge in [0.15, 0.2) is 0 Å². The van der Waals surface area contributed by atoms with Gasteiger partial charge in [0, 0.05) is 17.2 Å². The number of carbonyl (C=O) groups excluding carboxylic acids is 1. The zero-order valence-electron chi connectivity index (χ0n) is 16.1. The van der Waals surface area contributed by atoms with E-state index in [-0.39, 0.29) is 27.1 Å². The second-order valence-electron chi connectivity index (χ2n) is 5.81. The lowest BCUT2D eigenvalue weighted by molar-refractivity contribution is -0.117. The maximum absolute atomic E-state index is 12.7. The lowest BCUT2D eigenvalue weighted by atomic mass is 10.2. The molecule has 0 bridgehead atoms. The van der Waals surface area contributed by atoms with E-state index in [0.29, 0.717) is 10.8 Å². The second-order valence-corrected chi connectivity index (χ2v) is 8.34. The molecule has 0 saturated heterocycles. The van der Waals surface area contributed by atoms with Crippen molar-refractivity contribution in [3.05, 3.63) is 40.4 Å². The van der Waals surface area contributed by atoms with Crippen LogP contribution in [0.25, 0.3) is 0 Å². The number of ether oxygens (including phenoxy) is 3. The number of nitrogens with one attached hydrogen (secondary N) is 2. The van der Waals surface area contributed by atoms with Crippen molar-refractivity contribution in [3.8, 4) is 17.2 Å². The SMILES string of the molecule is COc1cc(NC(=O)[C@H](C)NS(=O)(=O)c2cc(Cl)ccc2OC)c(OC)cc1Cl. The first-order valence-corrected chi connectivity index (χ1v) is 10.4. The van der Waals surface area contributed by atoms with E-state index < -0.39 is 22.0 Å². The number of benzene rings is 2. The van der Waals surface area contributed by atoms with E-state index in [1.807, 2.05) is 0 Å². The minimum Gasteiger partial charge on any atom is -0.495 e. The molecule has 8 nitrogen and oxygen atoms in total. The van der Waals surface area contributed by atoms with E-state index in [4.69, 9.17) is 37.4 Å². The summed E-state index contributed by atoms with van der Waals surface area (Å²) in [5, 5.41) is 3.10. The van der Waals surface area contributed by atoms with Crippen molar-refractivity contribution in [2.45, 2.75) is 17.9 Å². The number of rotatable bonds is 8. The number of carbonyl (C=O) groups is 1. The van der Waals surface area contributed by atoms with Gasteiger partial charge in [-0.3, -0.25) is 4.79 Å². The van der Waals surface area contributed by atoms with Crippen molar-refractivity contribution in [1.29, 1.82) is 0 Å². The summed E-state index contributed by atoms with van der Waals surface area (Å²) in [4.78, 5) is 12.4. The van der Waals surface area contributed by atoms with Crippen molar-refractivity contribution < 1.29 is 27.4 Å². The average molecular weight is 463 g/mol. The fourth-order valence-corrected chi connectivity index (χ4v) is 4.27. The van der Waals surface area contributed by atoms with Gasteiger partial charge in [-0.05, 0) is 25.1 Å². The Hall–Kier alpha value is -2.20. The zero-order chi connectivity index (χ0) is 21.8. The van der Waals surface area contributed by atoms with E-state index in [0.717, 1.165) is 0 Å². The zero-order valence-corrected chi connectivity index (χ0v) is 18.4. The monoisotopic (exact) mass is 462 g/mol. The number of hydrogen-bond donors (Lipinski definition) is 2. The highest BCUT2D eigenvalue weighted by atomic mass is 35.5. The van der Waals surface area contributed by atoms with Crippen molar-refractivity contribution in [2.75, 3.05) is 26.6 Å². The van der Waals surface area contributed by atoms with E-state index in [2.05, 4.69) is 10.0 Å². The molecule has 2 aromatic carbocycles. The molecule has 0 aromatic heterocycles. The molecule has 1 amide bonds. The molecule has 158 valence electrons. The lowest BCUT2D eigenvalue weighted by Gasteiger charge is -2.18. The van der Waals surface area contributed by atoms with Crippen LogP contribution in [-0.2, 0) is 14.8 Å². The molecule has 2 aromatic rings. The van der Waals surface area contributed by atoms with E-state index in [9.17, 15) is 13.2 Å². The summed E-state index contributed by atoms with van der Waals surface area (Å²) >= 11 is 11.9. The summed E-state index contributed by atoms with van der Waals surface area (Å²) in [6, 6.07) is 5.97. The standard InChI is InChI=1S/C18H20Cl2N2O6S/c1-10(22-29(24,25)17-7-11(19)5-6-14(17)26-2)18(23)21-13-9-15(27-3)12(20)8-16(13)28-4/h5-10,22H,1-4H3,(H,21,23)/t10-/m0/s1. The van der Waals surface area contributed by atoms with Crippen LogP contribution in [0.15, 0.2) is 35.2 Å². The van der Waals surface area contributed by atoms with Crippen molar-refractivity contribution in [3.63, 3.8) is 0 Å². The van der Waals surface area contributed by atoms with Crippen molar-refractivity contribution >= 4 is 44.8 Å². The summed E-state index contributed by atoms with van der Waals surface area (Å²) < 4.78 is 43.1. The summed E-state index contributed by atoms with van der Waals surface area (Å²) in [6.45, 7) is 1.39. The average Bonchev–Trinajstić information content (AvgIpc) is 2.68. The number of hydrogen-bond acceptors (Lipinski definition) is 6. The smallest absolute Gasteiger partial charge is 0.245 e. The first-order chi connectivity index (χ1) is 13.6. The van der Waals surface area contributed by atoms with Gasteiger partial charge in [-0.2, -0.15) is 4.72 Å². The Kier molecular flexibility index (Phi) is 7.59. The third-order valence-corrected chi connectivity index (χ3v) is 5.96. The topological polar surface area (TPSA) is 103 Å². The van der Waals surface area contributed by atoms with Crippen molar-refractivity contribution in [1.82, 2.24) is 4.72 Å². The van der Waals surface area contributed by atoms with Crippen LogP contribution in [-0.4, -0.2) is 41.7 Å². The summed E-state index contributed by atoms with van der Waals surface area (Å²) in [6.07, 6.45) is 0. The van der Waals surface area contributed by atoms with Crippen LogP contribution in [0.2, 0.25) is 10.0 Å². The number of methoxy groups -OCH3 is 3. The van der Waals surface area contributed by atoms with Crippen molar-refractivity contribution in [2.24, 2.45) is 0 Å². The van der Waals surface area contributed by atoms with Gasteiger partial charge < -0.3 is 19.5 Å². The molecule has 0 radical (unpaired) electrons. The summed E-state index contributed by atoms with van der Waals surface area (Å²) in [5.41, 5.74) is 0.269. The Bertz CT molecular complexity index is 1010. The molecule has 0 aliphatic heterocycles. The van der Waals surface area contributed by atoms with Gasteiger partial charge in [-0.15, -0.1) is 0 Å². The third-order valence-electron chi connectivity index (χ3n) is 3.87. The fourth-order valence-electron chi connectivity index (χ4n) is 2.41. The highest BCUT2D eigenvalue weighted by molar-refractivity contribution is 7.89. The third kappa shape index (κ3) is 5.45. The molecular formula is C18H20Cl2N2O6S. The Morgan fingerprint density at radius 2 is 1.59 bits per heavy atom. The predicted molar refractivity (Wildman–Crippen MR) is 111 cm³/mol. The molecule has 29 heavy (non-hydrogen) atoms. The van der Waals surface area contributed by atoms with Gasteiger partial charge in [0.2, 0.25) is 15.9 Å². The Morgan fingerprint density at radius 3 is 2.17 bits per heavy atom. The minimum absolute atomic E-state index is 0.0959. The van der Waals surface area contributed by atoms with Gasteiger partial charge in [-0.1, -0.05) is 23.2 Å². The highest BCUT2D eigenvalue weighted by Gasteiger charge is 2.26. The molecule has 11 heteroatoms. The Balaban J connectivity index is 2.24. The molecule has 1 atom stereocenters. The van der Waals surface area contributed by atoms with Crippen LogP contribution in [0, 0.1) is 0 Å². The number of amides is 1. The normalized spacial score (nSPS) is 12.2. The maximum atomic E-state index is 12.7. The van der Waals surface area contributed by atoms with Crippen LogP contribution >= 0.6 is 23.2 Å². The Morgan fingerprint density at radius 1 is 0.966 bits per heavy atom. The first-order valence-electron chi connectivity index (χ1n) is 8.21. The van der Waals surface area contributed by atoms with Crippen LogP contribution in [0.3, 0.4) is 0 Å². The summed E-state index contributed by atoms with van der Waals surface area (Å²) in [7, 11) is 0.0704. The maximum Gasteiger partial charge on any atom is 0.245 e. The lowest BCUT2D eigenvalue weighted by Crippen LogP contribution is -2.41. The first kappa shape index (κ1) is 23.1. The predicted octanol–water partition coefficient (Wildman–Crippen LogP) is 3.32. The minimum atomic E-state index is -4.09. The molecule has 0 unspecified atom stereocenters. The molecular weight excluding hydrogens is 443 g/mol. The van der Waals surface area contributed by atoms with E-state index in [1.54, 1.807) is 0 Å². The van der Waals surface area contributed by atoms with Crippen LogP contribution in [0.5, 0.6) is 17.2 Å². The number of halogens is 2. The molecule has 0 aliphatic carbocycles. The van der Waals surface area contributed by atoms with E-state index >= 15 is 0 Å². The van der Waals surface area contributed by atoms with Crippen LogP contribution in [0.4, 0.5) is 5.69 Å². The van der Waals surface area contributed by atoms with Crippen LogP contribution < -0.4 is 24.2 Å². The van der Waals surface area contributed by atoms with Crippen LogP contribution in [0.1, 0.15) is 6.92 Å². The molecule has 2 rings (SSSR count).